The summed E-state index contributed by atoms with van der Waals surface area (Å²) in [5.74, 6) is 1.45. The highest BCUT2D eigenvalue weighted by Gasteiger charge is 2.16. The number of hydrogen-bond donors (Lipinski definition) is 1. The third-order valence-corrected chi connectivity index (χ3v) is 4.43. The van der Waals surface area contributed by atoms with Crippen molar-refractivity contribution in [3.63, 3.8) is 0 Å². The molecule has 2 N–H and O–H groups in total. The zero-order valence-corrected chi connectivity index (χ0v) is 13.3. The minimum absolute atomic E-state index is 0.159. The standard InChI is InChI=1S/C14H16BrNO2S/c1-9-3-4-10(11(7-9)17-2)18-12(8-16)13-5-6-14(15)19-13/h3-7,12H,8,16H2,1-2H3. The first-order valence-electron chi connectivity index (χ1n) is 5.90. The summed E-state index contributed by atoms with van der Waals surface area (Å²) in [4.78, 5) is 1.09. The summed E-state index contributed by atoms with van der Waals surface area (Å²) >= 11 is 5.08. The number of nitrogens with two attached hydrogens (primary N) is 1. The topological polar surface area (TPSA) is 44.5 Å². The zero-order valence-electron chi connectivity index (χ0n) is 10.9. The van der Waals surface area contributed by atoms with Crippen molar-refractivity contribution in [2.24, 2.45) is 5.73 Å². The van der Waals surface area contributed by atoms with E-state index in [1.165, 1.54) is 0 Å². The van der Waals surface area contributed by atoms with Crippen molar-refractivity contribution in [2.75, 3.05) is 13.7 Å². The predicted molar refractivity (Wildman–Crippen MR) is 82.2 cm³/mol. The maximum Gasteiger partial charge on any atom is 0.162 e. The number of methoxy groups -OCH3 is 1. The van der Waals surface area contributed by atoms with Crippen LogP contribution in [0.25, 0.3) is 0 Å². The smallest absolute Gasteiger partial charge is 0.162 e. The normalized spacial score (nSPS) is 12.2. The van der Waals surface area contributed by atoms with E-state index in [0.717, 1.165) is 20.0 Å². The number of aryl methyl sites for hydroxylation is 1. The van der Waals surface area contributed by atoms with Gasteiger partial charge < -0.3 is 15.2 Å². The van der Waals surface area contributed by atoms with Crippen LogP contribution in [0.15, 0.2) is 34.1 Å². The Kier molecular flexibility index (Phi) is 4.85. The van der Waals surface area contributed by atoms with Gasteiger partial charge in [-0.15, -0.1) is 11.3 Å². The van der Waals surface area contributed by atoms with Gasteiger partial charge in [-0.1, -0.05) is 6.07 Å². The average Bonchev–Trinajstić information content (AvgIpc) is 2.83. The monoisotopic (exact) mass is 341 g/mol. The first-order chi connectivity index (χ1) is 9.13. The molecule has 102 valence electrons. The minimum atomic E-state index is -0.159. The fourth-order valence-corrected chi connectivity index (χ4v) is 3.22. The second-order valence-electron chi connectivity index (χ2n) is 4.14. The second-order valence-corrected chi connectivity index (χ2v) is 6.63. The third-order valence-electron chi connectivity index (χ3n) is 2.71. The molecule has 19 heavy (non-hydrogen) atoms. The SMILES string of the molecule is COc1cc(C)ccc1OC(CN)c1ccc(Br)s1. The highest BCUT2D eigenvalue weighted by molar-refractivity contribution is 9.11. The molecule has 1 heterocycles. The average molecular weight is 342 g/mol. The summed E-state index contributed by atoms with van der Waals surface area (Å²) in [6, 6.07) is 9.88. The molecule has 0 amide bonds. The Hall–Kier alpha value is -1.04. The molecule has 0 aliphatic heterocycles. The van der Waals surface area contributed by atoms with E-state index in [9.17, 15) is 0 Å². The summed E-state index contributed by atoms with van der Waals surface area (Å²) in [5, 5.41) is 0. The molecule has 1 atom stereocenters. The summed E-state index contributed by atoms with van der Waals surface area (Å²) in [6.45, 7) is 2.44. The maximum atomic E-state index is 5.98. The second kappa shape index (κ2) is 6.41. The van der Waals surface area contributed by atoms with Gasteiger partial charge in [0.1, 0.15) is 6.10 Å². The van der Waals surface area contributed by atoms with Gasteiger partial charge in [-0.2, -0.15) is 0 Å². The van der Waals surface area contributed by atoms with E-state index in [2.05, 4.69) is 15.9 Å². The van der Waals surface area contributed by atoms with Crippen LogP contribution >= 0.6 is 27.3 Å². The quantitative estimate of drug-likeness (QED) is 0.896. The Morgan fingerprint density at radius 3 is 2.63 bits per heavy atom. The summed E-state index contributed by atoms with van der Waals surface area (Å²) in [7, 11) is 1.64. The van der Waals surface area contributed by atoms with Crippen LogP contribution in [-0.2, 0) is 0 Å². The molecule has 0 aliphatic carbocycles. The molecule has 1 aromatic heterocycles. The van der Waals surface area contributed by atoms with E-state index in [1.54, 1.807) is 18.4 Å². The number of halogens is 1. The van der Waals surface area contributed by atoms with Crippen LogP contribution < -0.4 is 15.2 Å². The number of benzene rings is 1. The molecule has 0 aliphatic rings. The minimum Gasteiger partial charge on any atom is -0.493 e. The Morgan fingerprint density at radius 2 is 2.05 bits per heavy atom. The van der Waals surface area contributed by atoms with Crippen LogP contribution in [0, 0.1) is 6.92 Å². The highest BCUT2D eigenvalue weighted by Crippen LogP contribution is 2.34. The van der Waals surface area contributed by atoms with Crippen molar-refractivity contribution in [2.45, 2.75) is 13.0 Å². The molecule has 1 aromatic carbocycles. The van der Waals surface area contributed by atoms with E-state index in [0.29, 0.717) is 12.3 Å². The molecule has 5 heteroatoms. The Morgan fingerprint density at radius 1 is 1.26 bits per heavy atom. The Bertz CT molecular complexity index is 556. The van der Waals surface area contributed by atoms with E-state index < -0.39 is 0 Å². The predicted octanol–water partition coefficient (Wildman–Crippen LogP) is 3.91. The van der Waals surface area contributed by atoms with Crippen LogP contribution in [0.1, 0.15) is 16.5 Å². The maximum absolute atomic E-state index is 5.98. The zero-order chi connectivity index (χ0) is 13.8. The molecule has 0 radical (unpaired) electrons. The molecular weight excluding hydrogens is 326 g/mol. The first-order valence-corrected chi connectivity index (χ1v) is 7.51. The van der Waals surface area contributed by atoms with Gasteiger partial charge >= 0.3 is 0 Å². The fraction of sp³-hybridized carbons (Fsp3) is 0.286. The number of thiophene rings is 1. The van der Waals surface area contributed by atoms with Gasteiger partial charge in [0, 0.05) is 11.4 Å². The van der Waals surface area contributed by atoms with Crippen molar-refractivity contribution in [1.82, 2.24) is 0 Å². The molecule has 3 nitrogen and oxygen atoms in total. The van der Waals surface area contributed by atoms with Crippen molar-refractivity contribution < 1.29 is 9.47 Å². The van der Waals surface area contributed by atoms with Crippen LogP contribution in [0.5, 0.6) is 11.5 Å². The third kappa shape index (κ3) is 3.49. The van der Waals surface area contributed by atoms with Crippen LogP contribution in [0.3, 0.4) is 0 Å². The van der Waals surface area contributed by atoms with E-state index in [4.69, 9.17) is 15.2 Å². The molecule has 1 unspecified atom stereocenters. The van der Waals surface area contributed by atoms with Crippen LogP contribution in [0.4, 0.5) is 0 Å². The van der Waals surface area contributed by atoms with Crippen LogP contribution in [-0.4, -0.2) is 13.7 Å². The highest BCUT2D eigenvalue weighted by atomic mass is 79.9. The lowest BCUT2D eigenvalue weighted by Crippen LogP contribution is -2.17. The molecule has 0 spiro atoms. The number of ether oxygens (including phenoxy) is 2. The van der Waals surface area contributed by atoms with Gasteiger partial charge in [0.15, 0.2) is 11.5 Å². The summed E-state index contributed by atoms with van der Waals surface area (Å²) < 4.78 is 12.4. The summed E-state index contributed by atoms with van der Waals surface area (Å²) in [5.41, 5.74) is 6.94. The van der Waals surface area contributed by atoms with E-state index >= 15 is 0 Å². The van der Waals surface area contributed by atoms with Gasteiger partial charge in [0.25, 0.3) is 0 Å². The van der Waals surface area contributed by atoms with E-state index in [-0.39, 0.29) is 6.10 Å². The molecule has 0 saturated carbocycles. The van der Waals surface area contributed by atoms with Crippen molar-refractivity contribution in [3.8, 4) is 11.5 Å². The molecule has 0 saturated heterocycles. The first kappa shape index (κ1) is 14.4. The lowest BCUT2D eigenvalue weighted by Gasteiger charge is -2.18. The molecule has 0 fully saturated rings. The lowest BCUT2D eigenvalue weighted by atomic mass is 10.2. The van der Waals surface area contributed by atoms with Gasteiger partial charge in [0.2, 0.25) is 0 Å². The van der Waals surface area contributed by atoms with Gasteiger partial charge in [-0.25, -0.2) is 0 Å². The number of hydrogen-bond acceptors (Lipinski definition) is 4. The largest absolute Gasteiger partial charge is 0.493 e. The summed E-state index contributed by atoms with van der Waals surface area (Å²) in [6.07, 6.45) is -0.159. The molecule has 2 aromatic rings. The van der Waals surface area contributed by atoms with Gasteiger partial charge in [-0.05, 0) is 52.7 Å². The van der Waals surface area contributed by atoms with Crippen LogP contribution in [0.2, 0.25) is 0 Å². The molecule has 2 rings (SSSR count). The Balaban J connectivity index is 2.23. The van der Waals surface area contributed by atoms with Crippen molar-refractivity contribution in [1.29, 1.82) is 0 Å². The van der Waals surface area contributed by atoms with E-state index in [1.807, 2.05) is 37.3 Å². The molecule has 0 bridgehead atoms. The van der Waals surface area contributed by atoms with Crippen molar-refractivity contribution in [3.05, 3.63) is 44.6 Å². The van der Waals surface area contributed by atoms with Gasteiger partial charge in [0.05, 0.1) is 10.9 Å². The Labute approximate surface area is 125 Å². The number of rotatable bonds is 5. The fourth-order valence-electron chi connectivity index (χ4n) is 1.75. The lowest BCUT2D eigenvalue weighted by molar-refractivity contribution is 0.208. The molecular formula is C14H16BrNO2S. The van der Waals surface area contributed by atoms with Gasteiger partial charge in [-0.3, -0.25) is 0 Å². The van der Waals surface area contributed by atoms with Crippen molar-refractivity contribution >= 4 is 27.3 Å².